The fraction of sp³-hybridized carbons (Fsp3) is 0.0625. The molecular formula is C16H12N2O2. The first-order valence-corrected chi connectivity index (χ1v) is 6.16. The number of ether oxygens (including phenoxy) is 1. The monoisotopic (exact) mass is 264 g/mol. The van der Waals surface area contributed by atoms with E-state index in [2.05, 4.69) is 9.97 Å². The van der Waals surface area contributed by atoms with Crippen molar-refractivity contribution < 1.29 is 9.53 Å². The third kappa shape index (κ3) is 2.23. The molecule has 0 aliphatic heterocycles. The third-order valence-electron chi connectivity index (χ3n) is 3.08. The van der Waals surface area contributed by atoms with E-state index in [9.17, 15) is 4.79 Å². The van der Waals surface area contributed by atoms with Crippen LogP contribution in [-0.2, 0) is 4.74 Å². The van der Waals surface area contributed by atoms with Gasteiger partial charge in [-0.05, 0) is 18.2 Å². The summed E-state index contributed by atoms with van der Waals surface area (Å²) in [5.41, 5.74) is 3.12. The first kappa shape index (κ1) is 12.3. The molecule has 0 saturated carbocycles. The molecule has 0 amide bonds. The van der Waals surface area contributed by atoms with E-state index >= 15 is 0 Å². The maximum absolute atomic E-state index is 11.5. The van der Waals surface area contributed by atoms with Crippen LogP contribution < -0.4 is 0 Å². The van der Waals surface area contributed by atoms with Crippen molar-refractivity contribution in [3.8, 4) is 11.1 Å². The van der Waals surface area contributed by atoms with Crippen LogP contribution in [-0.4, -0.2) is 23.0 Å². The van der Waals surface area contributed by atoms with Gasteiger partial charge in [-0.3, -0.25) is 9.97 Å². The molecule has 98 valence electrons. The fourth-order valence-corrected chi connectivity index (χ4v) is 2.06. The number of para-hydroxylation sites is 1. The van der Waals surface area contributed by atoms with Gasteiger partial charge >= 0.3 is 5.97 Å². The van der Waals surface area contributed by atoms with E-state index in [4.69, 9.17) is 4.74 Å². The number of fused-ring (bicyclic) bond motifs is 1. The highest BCUT2D eigenvalue weighted by atomic mass is 16.5. The van der Waals surface area contributed by atoms with Gasteiger partial charge in [0.2, 0.25) is 0 Å². The quantitative estimate of drug-likeness (QED) is 0.667. The minimum Gasteiger partial charge on any atom is -0.465 e. The number of esters is 1. The Kier molecular flexibility index (Phi) is 3.13. The Labute approximate surface area is 116 Å². The van der Waals surface area contributed by atoms with E-state index in [-0.39, 0.29) is 0 Å². The topological polar surface area (TPSA) is 52.1 Å². The van der Waals surface area contributed by atoms with Crippen LogP contribution in [0.1, 0.15) is 10.4 Å². The van der Waals surface area contributed by atoms with Gasteiger partial charge in [0.25, 0.3) is 0 Å². The number of hydrogen-bond acceptors (Lipinski definition) is 4. The van der Waals surface area contributed by atoms with Gasteiger partial charge in [0.15, 0.2) is 0 Å². The SMILES string of the molecule is COC(=O)c1cncc(-c2cnc3ccccc3c2)c1. The number of nitrogens with zero attached hydrogens (tertiary/aromatic N) is 2. The minimum atomic E-state index is -0.395. The molecule has 1 aromatic carbocycles. The Hall–Kier alpha value is -2.75. The Morgan fingerprint density at radius 2 is 1.85 bits per heavy atom. The second-order valence-electron chi connectivity index (χ2n) is 4.37. The number of methoxy groups -OCH3 is 1. The normalized spacial score (nSPS) is 10.4. The summed E-state index contributed by atoms with van der Waals surface area (Å²) in [7, 11) is 1.35. The number of hydrogen-bond donors (Lipinski definition) is 0. The molecular weight excluding hydrogens is 252 g/mol. The molecule has 0 aliphatic rings. The van der Waals surface area contributed by atoms with Crippen molar-refractivity contribution in [3.05, 3.63) is 60.6 Å². The van der Waals surface area contributed by atoms with Crippen molar-refractivity contribution in [3.63, 3.8) is 0 Å². The zero-order chi connectivity index (χ0) is 13.9. The van der Waals surface area contributed by atoms with Crippen molar-refractivity contribution in [1.29, 1.82) is 0 Å². The van der Waals surface area contributed by atoms with Crippen LogP contribution in [0.25, 0.3) is 22.0 Å². The highest BCUT2D eigenvalue weighted by Gasteiger charge is 2.08. The van der Waals surface area contributed by atoms with Gasteiger partial charge in [-0.15, -0.1) is 0 Å². The Morgan fingerprint density at radius 3 is 2.70 bits per heavy atom. The van der Waals surface area contributed by atoms with Crippen molar-refractivity contribution in [2.45, 2.75) is 0 Å². The molecule has 0 spiro atoms. The summed E-state index contributed by atoms with van der Waals surface area (Å²) in [6.07, 6.45) is 4.97. The fourth-order valence-electron chi connectivity index (χ4n) is 2.06. The van der Waals surface area contributed by atoms with E-state index in [0.717, 1.165) is 22.0 Å². The molecule has 2 aromatic heterocycles. The smallest absolute Gasteiger partial charge is 0.339 e. The lowest BCUT2D eigenvalue weighted by molar-refractivity contribution is 0.0600. The van der Waals surface area contributed by atoms with E-state index in [1.54, 1.807) is 18.5 Å². The summed E-state index contributed by atoms with van der Waals surface area (Å²) >= 11 is 0. The lowest BCUT2D eigenvalue weighted by atomic mass is 10.1. The van der Waals surface area contributed by atoms with Gasteiger partial charge in [-0.25, -0.2) is 4.79 Å². The van der Waals surface area contributed by atoms with Crippen molar-refractivity contribution in [2.75, 3.05) is 7.11 Å². The highest BCUT2D eigenvalue weighted by Crippen LogP contribution is 2.22. The standard InChI is InChI=1S/C16H12N2O2/c1-20-16(19)14-7-12(8-17-9-14)13-6-11-4-2-3-5-15(11)18-10-13/h2-10H,1H3. The van der Waals surface area contributed by atoms with Gasteiger partial charge in [0, 0.05) is 35.1 Å². The van der Waals surface area contributed by atoms with Crippen LogP contribution in [0.15, 0.2) is 55.0 Å². The Balaban J connectivity index is 2.08. The zero-order valence-electron chi connectivity index (χ0n) is 10.9. The highest BCUT2D eigenvalue weighted by molar-refractivity contribution is 5.91. The first-order valence-electron chi connectivity index (χ1n) is 6.16. The number of pyridine rings is 2. The Bertz CT molecular complexity index is 784. The molecule has 4 heteroatoms. The van der Waals surface area contributed by atoms with Crippen molar-refractivity contribution >= 4 is 16.9 Å². The van der Waals surface area contributed by atoms with Crippen LogP contribution >= 0.6 is 0 Å². The van der Waals surface area contributed by atoms with Gasteiger partial charge in [-0.1, -0.05) is 18.2 Å². The van der Waals surface area contributed by atoms with Gasteiger partial charge in [0.05, 0.1) is 18.2 Å². The number of carbonyl (C=O) groups is 1. The predicted molar refractivity (Wildman–Crippen MR) is 76.3 cm³/mol. The van der Waals surface area contributed by atoms with Crippen LogP contribution in [0.4, 0.5) is 0 Å². The molecule has 2 heterocycles. The zero-order valence-corrected chi connectivity index (χ0v) is 10.9. The molecule has 0 unspecified atom stereocenters. The number of rotatable bonds is 2. The summed E-state index contributed by atoms with van der Waals surface area (Å²) < 4.78 is 4.70. The molecule has 0 bridgehead atoms. The summed E-state index contributed by atoms with van der Waals surface area (Å²) in [5, 5.41) is 1.05. The van der Waals surface area contributed by atoms with Crippen LogP contribution in [0.2, 0.25) is 0 Å². The van der Waals surface area contributed by atoms with Crippen LogP contribution in [0.5, 0.6) is 0 Å². The maximum atomic E-state index is 11.5. The average molecular weight is 264 g/mol. The third-order valence-corrected chi connectivity index (χ3v) is 3.08. The van der Waals surface area contributed by atoms with Crippen molar-refractivity contribution in [1.82, 2.24) is 9.97 Å². The van der Waals surface area contributed by atoms with E-state index in [1.165, 1.54) is 13.3 Å². The summed E-state index contributed by atoms with van der Waals surface area (Å²) in [5.74, 6) is -0.395. The molecule has 4 nitrogen and oxygen atoms in total. The maximum Gasteiger partial charge on any atom is 0.339 e. The van der Waals surface area contributed by atoms with Gasteiger partial charge < -0.3 is 4.74 Å². The van der Waals surface area contributed by atoms with Gasteiger partial charge in [-0.2, -0.15) is 0 Å². The lowest BCUT2D eigenvalue weighted by Gasteiger charge is -2.05. The largest absolute Gasteiger partial charge is 0.465 e. The van der Waals surface area contributed by atoms with E-state index < -0.39 is 5.97 Å². The van der Waals surface area contributed by atoms with E-state index in [0.29, 0.717) is 5.56 Å². The van der Waals surface area contributed by atoms with E-state index in [1.807, 2.05) is 30.3 Å². The number of carbonyl (C=O) groups excluding carboxylic acids is 1. The molecule has 3 aromatic rings. The first-order chi connectivity index (χ1) is 9.78. The van der Waals surface area contributed by atoms with Crippen LogP contribution in [0, 0.1) is 0 Å². The second-order valence-corrected chi connectivity index (χ2v) is 4.37. The van der Waals surface area contributed by atoms with Gasteiger partial charge in [0.1, 0.15) is 0 Å². The average Bonchev–Trinajstić information content (AvgIpc) is 2.53. The Morgan fingerprint density at radius 1 is 1.05 bits per heavy atom. The lowest BCUT2D eigenvalue weighted by Crippen LogP contribution is -2.01. The molecule has 3 rings (SSSR count). The second kappa shape index (κ2) is 5.09. The van der Waals surface area contributed by atoms with Crippen molar-refractivity contribution in [2.24, 2.45) is 0 Å². The minimum absolute atomic E-state index is 0.395. The number of benzene rings is 1. The molecule has 20 heavy (non-hydrogen) atoms. The molecule has 0 atom stereocenters. The molecule has 0 aliphatic carbocycles. The van der Waals surface area contributed by atoms with Crippen LogP contribution in [0.3, 0.4) is 0 Å². The number of aromatic nitrogens is 2. The molecule has 0 N–H and O–H groups in total. The summed E-state index contributed by atoms with van der Waals surface area (Å²) in [6.45, 7) is 0. The summed E-state index contributed by atoms with van der Waals surface area (Å²) in [6, 6.07) is 11.7. The summed E-state index contributed by atoms with van der Waals surface area (Å²) in [4.78, 5) is 20.0. The predicted octanol–water partition coefficient (Wildman–Crippen LogP) is 3.08. The molecule has 0 fully saturated rings. The molecule has 0 saturated heterocycles. The molecule has 0 radical (unpaired) electrons.